The Morgan fingerprint density at radius 2 is 1.83 bits per heavy atom. The summed E-state index contributed by atoms with van der Waals surface area (Å²) in [7, 11) is -3.32. The Morgan fingerprint density at radius 1 is 1.10 bits per heavy atom. The Kier molecular flexibility index (Phi) is 7.13. The van der Waals surface area contributed by atoms with Crippen molar-refractivity contribution in [3.8, 4) is 0 Å². The van der Waals surface area contributed by atoms with Crippen LogP contribution in [0, 0.1) is 0 Å². The Labute approximate surface area is 186 Å². The summed E-state index contributed by atoms with van der Waals surface area (Å²) in [5, 5.41) is 1.03. The fourth-order valence-corrected chi connectivity index (χ4v) is 5.02. The molecule has 1 amide bonds. The van der Waals surface area contributed by atoms with Gasteiger partial charge in [0.05, 0.1) is 15.1 Å². The van der Waals surface area contributed by atoms with Crippen LogP contribution in [0.3, 0.4) is 0 Å². The predicted molar refractivity (Wildman–Crippen MR) is 124 cm³/mol. The van der Waals surface area contributed by atoms with Crippen LogP contribution in [0.25, 0.3) is 10.2 Å². The van der Waals surface area contributed by atoms with Crippen LogP contribution in [0.1, 0.15) is 24.2 Å². The van der Waals surface area contributed by atoms with E-state index in [0.29, 0.717) is 34.3 Å². The number of sulfone groups is 1. The Balaban J connectivity index is 2.01. The molecule has 0 radical (unpaired) electrons. The summed E-state index contributed by atoms with van der Waals surface area (Å²) in [6.45, 7) is 7.09. The zero-order chi connectivity index (χ0) is 21.9. The lowest BCUT2D eigenvalue weighted by Gasteiger charge is -2.24. The summed E-state index contributed by atoms with van der Waals surface area (Å²) < 4.78 is 24.5. The van der Waals surface area contributed by atoms with Crippen LogP contribution in [0.5, 0.6) is 0 Å². The first-order valence-electron chi connectivity index (χ1n) is 9.63. The average Bonchev–Trinajstić information content (AvgIpc) is 3.13. The van der Waals surface area contributed by atoms with Gasteiger partial charge in [-0.15, -0.1) is 0 Å². The molecule has 1 aromatic heterocycles. The molecule has 2 aromatic carbocycles. The van der Waals surface area contributed by atoms with E-state index in [1.165, 1.54) is 17.6 Å². The standard InChI is InChI=1S/C21H24ClN3O3S2/c1-4-24(5-2)11-12-25(20(26)15-7-6-8-16(22)13-15)21-23-18-10-9-17(30(3,27)28)14-19(18)29-21/h6-10,13-14H,4-5,11-12H2,1-3H3. The van der Waals surface area contributed by atoms with E-state index in [1.807, 2.05) is 0 Å². The Hall–Kier alpha value is -2.00. The first kappa shape index (κ1) is 22.7. The molecule has 30 heavy (non-hydrogen) atoms. The lowest BCUT2D eigenvalue weighted by atomic mass is 10.2. The average molecular weight is 466 g/mol. The van der Waals surface area contributed by atoms with E-state index in [4.69, 9.17) is 11.6 Å². The van der Waals surface area contributed by atoms with Crippen molar-refractivity contribution in [2.24, 2.45) is 0 Å². The molecule has 0 unspecified atom stereocenters. The molecule has 3 rings (SSSR count). The van der Waals surface area contributed by atoms with Crippen molar-refractivity contribution >= 4 is 54.0 Å². The third-order valence-electron chi connectivity index (χ3n) is 4.86. The van der Waals surface area contributed by atoms with Gasteiger partial charge in [-0.1, -0.05) is 42.9 Å². The van der Waals surface area contributed by atoms with Gasteiger partial charge < -0.3 is 4.90 Å². The SMILES string of the molecule is CCN(CC)CCN(C(=O)c1cccc(Cl)c1)c1nc2ccc(S(C)(=O)=O)cc2s1. The first-order chi connectivity index (χ1) is 14.2. The Bertz CT molecular complexity index is 1160. The second kappa shape index (κ2) is 9.43. The number of thiazole rings is 1. The summed E-state index contributed by atoms with van der Waals surface area (Å²) in [4.78, 5) is 22.0. The highest BCUT2D eigenvalue weighted by Gasteiger charge is 2.22. The number of hydrogen-bond donors (Lipinski definition) is 0. The summed E-state index contributed by atoms with van der Waals surface area (Å²) >= 11 is 7.40. The molecule has 0 saturated carbocycles. The fourth-order valence-electron chi connectivity index (χ4n) is 3.08. The van der Waals surface area contributed by atoms with E-state index >= 15 is 0 Å². The van der Waals surface area contributed by atoms with Gasteiger partial charge >= 0.3 is 0 Å². The largest absolute Gasteiger partial charge is 0.302 e. The van der Waals surface area contributed by atoms with Crippen LogP contribution in [0.4, 0.5) is 5.13 Å². The number of nitrogens with zero attached hydrogens (tertiary/aromatic N) is 3. The minimum absolute atomic E-state index is 0.188. The summed E-state index contributed by atoms with van der Waals surface area (Å²) in [5.41, 5.74) is 1.15. The fraction of sp³-hybridized carbons (Fsp3) is 0.333. The molecule has 160 valence electrons. The van der Waals surface area contributed by atoms with E-state index in [-0.39, 0.29) is 10.8 Å². The van der Waals surface area contributed by atoms with Gasteiger partial charge in [-0.05, 0) is 49.5 Å². The molecular weight excluding hydrogens is 442 g/mol. The number of carbonyl (C=O) groups is 1. The van der Waals surface area contributed by atoms with Crippen LogP contribution >= 0.6 is 22.9 Å². The molecule has 0 aliphatic rings. The van der Waals surface area contributed by atoms with Crippen LogP contribution in [0.2, 0.25) is 5.02 Å². The lowest BCUT2D eigenvalue weighted by molar-refractivity contribution is 0.0983. The summed E-state index contributed by atoms with van der Waals surface area (Å²) in [6, 6.07) is 11.7. The normalized spacial score (nSPS) is 11.9. The topological polar surface area (TPSA) is 70.6 Å². The van der Waals surface area contributed by atoms with Crippen LogP contribution in [-0.4, -0.2) is 56.6 Å². The highest BCUT2D eigenvalue weighted by molar-refractivity contribution is 7.90. The molecule has 9 heteroatoms. The van der Waals surface area contributed by atoms with E-state index in [2.05, 4.69) is 23.7 Å². The molecule has 0 spiro atoms. The predicted octanol–water partition coefficient (Wildman–Crippen LogP) is 4.34. The molecule has 0 N–H and O–H groups in total. The second-order valence-corrected chi connectivity index (χ2v) is 10.4. The number of amides is 1. The number of carbonyl (C=O) groups excluding carboxylic acids is 1. The van der Waals surface area contributed by atoms with E-state index < -0.39 is 9.84 Å². The van der Waals surface area contributed by atoms with Gasteiger partial charge in [-0.3, -0.25) is 9.69 Å². The lowest BCUT2D eigenvalue weighted by Crippen LogP contribution is -2.38. The maximum Gasteiger partial charge on any atom is 0.260 e. The Morgan fingerprint density at radius 3 is 2.47 bits per heavy atom. The maximum absolute atomic E-state index is 13.3. The highest BCUT2D eigenvalue weighted by atomic mass is 35.5. The molecule has 0 aliphatic heterocycles. The first-order valence-corrected chi connectivity index (χ1v) is 12.7. The van der Waals surface area contributed by atoms with Gasteiger partial charge in [-0.25, -0.2) is 13.4 Å². The number of anilines is 1. The van der Waals surface area contributed by atoms with Crippen molar-refractivity contribution < 1.29 is 13.2 Å². The minimum atomic E-state index is -3.32. The van der Waals surface area contributed by atoms with Crippen LogP contribution < -0.4 is 4.90 Å². The maximum atomic E-state index is 13.3. The van der Waals surface area contributed by atoms with Gasteiger partial charge in [0.1, 0.15) is 0 Å². The van der Waals surface area contributed by atoms with Crippen molar-refractivity contribution in [2.45, 2.75) is 18.7 Å². The number of likely N-dealkylation sites (N-methyl/N-ethyl adjacent to an activating group) is 1. The zero-order valence-corrected chi connectivity index (χ0v) is 19.5. The van der Waals surface area contributed by atoms with E-state index in [9.17, 15) is 13.2 Å². The van der Waals surface area contributed by atoms with Crippen LogP contribution in [-0.2, 0) is 9.84 Å². The molecule has 0 saturated heterocycles. The number of fused-ring (bicyclic) bond motifs is 1. The smallest absolute Gasteiger partial charge is 0.260 e. The molecule has 0 fully saturated rings. The molecule has 3 aromatic rings. The van der Waals surface area contributed by atoms with Crippen molar-refractivity contribution in [3.05, 3.63) is 53.1 Å². The monoisotopic (exact) mass is 465 g/mol. The second-order valence-electron chi connectivity index (χ2n) is 6.89. The molecule has 0 bridgehead atoms. The van der Waals surface area contributed by atoms with Gasteiger partial charge in [-0.2, -0.15) is 0 Å². The molecule has 0 atom stereocenters. The van der Waals surface area contributed by atoms with Crippen molar-refractivity contribution in [2.75, 3.05) is 37.3 Å². The highest BCUT2D eigenvalue weighted by Crippen LogP contribution is 2.31. The van der Waals surface area contributed by atoms with Crippen molar-refractivity contribution in [3.63, 3.8) is 0 Å². The number of aromatic nitrogens is 1. The number of halogens is 1. The third kappa shape index (κ3) is 5.18. The van der Waals surface area contributed by atoms with Gasteiger partial charge in [0.15, 0.2) is 15.0 Å². The third-order valence-corrected chi connectivity index (χ3v) is 7.25. The summed E-state index contributed by atoms with van der Waals surface area (Å²) in [5.74, 6) is -0.188. The molecular formula is C21H24ClN3O3S2. The number of hydrogen-bond acceptors (Lipinski definition) is 6. The number of benzene rings is 2. The number of rotatable bonds is 8. The van der Waals surface area contributed by atoms with Gasteiger partial charge in [0.25, 0.3) is 5.91 Å². The summed E-state index contributed by atoms with van der Waals surface area (Å²) in [6.07, 6.45) is 1.18. The molecule has 1 heterocycles. The molecule has 6 nitrogen and oxygen atoms in total. The van der Waals surface area contributed by atoms with Gasteiger partial charge in [0, 0.05) is 29.9 Å². The minimum Gasteiger partial charge on any atom is -0.302 e. The van der Waals surface area contributed by atoms with Crippen molar-refractivity contribution in [1.29, 1.82) is 0 Å². The van der Waals surface area contributed by atoms with Crippen molar-refractivity contribution in [1.82, 2.24) is 9.88 Å². The molecule has 0 aliphatic carbocycles. The quantitative estimate of drug-likeness (QED) is 0.494. The zero-order valence-electron chi connectivity index (χ0n) is 17.1. The van der Waals surface area contributed by atoms with E-state index in [0.717, 1.165) is 17.8 Å². The van der Waals surface area contributed by atoms with Gasteiger partial charge in [0.2, 0.25) is 0 Å². The van der Waals surface area contributed by atoms with E-state index in [1.54, 1.807) is 47.4 Å². The van der Waals surface area contributed by atoms with Crippen LogP contribution in [0.15, 0.2) is 47.4 Å².